The third-order valence-electron chi connectivity index (χ3n) is 5.39. The molecule has 1 aliphatic rings. The summed E-state index contributed by atoms with van der Waals surface area (Å²) in [5, 5.41) is 6.25. The zero-order valence-corrected chi connectivity index (χ0v) is 16.1. The first-order valence-corrected chi connectivity index (χ1v) is 10.5. The van der Waals surface area contributed by atoms with E-state index >= 15 is 0 Å². The van der Waals surface area contributed by atoms with Crippen molar-refractivity contribution in [2.75, 3.05) is 6.54 Å². The number of rotatable bonds is 5. The van der Waals surface area contributed by atoms with Crippen molar-refractivity contribution in [3.8, 4) is 10.6 Å². The average Bonchev–Trinajstić information content (AvgIpc) is 3.35. The van der Waals surface area contributed by atoms with Crippen LogP contribution in [0.15, 0.2) is 60.8 Å². The fraction of sp³-hybridized carbons (Fsp3) is 0.261. The van der Waals surface area contributed by atoms with E-state index in [4.69, 9.17) is 4.98 Å². The number of fused-ring (bicyclic) bond motifs is 2. The molecule has 1 unspecified atom stereocenters. The van der Waals surface area contributed by atoms with Crippen molar-refractivity contribution in [2.45, 2.75) is 31.7 Å². The molecule has 0 aliphatic heterocycles. The van der Waals surface area contributed by atoms with Gasteiger partial charge in [-0.25, -0.2) is 4.98 Å². The maximum Gasteiger partial charge on any atom is 0.123 e. The molecule has 5 rings (SSSR count). The number of benzene rings is 2. The van der Waals surface area contributed by atoms with Crippen molar-refractivity contribution in [3.63, 3.8) is 0 Å². The second-order valence-corrected chi connectivity index (χ2v) is 8.27. The van der Waals surface area contributed by atoms with E-state index in [9.17, 15) is 0 Å². The summed E-state index contributed by atoms with van der Waals surface area (Å²) in [5.74, 6) is 0. The predicted octanol–water partition coefficient (Wildman–Crippen LogP) is 5.50. The van der Waals surface area contributed by atoms with Crippen molar-refractivity contribution in [1.29, 1.82) is 0 Å². The fourth-order valence-electron chi connectivity index (χ4n) is 3.97. The third-order valence-corrected chi connectivity index (χ3v) is 6.65. The van der Waals surface area contributed by atoms with E-state index in [1.807, 2.05) is 17.5 Å². The van der Waals surface area contributed by atoms with Crippen LogP contribution in [0.5, 0.6) is 0 Å². The number of aromatic amines is 1. The van der Waals surface area contributed by atoms with Gasteiger partial charge in [0, 0.05) is 28.2 Å². The highest BCUT2D eigenvalue weighted by Gasteiger charge is 2.24. The molecule has 0 radical (unpaired) electrons. The summed E-state index contributed by atoms with van der Waals surface area (Å²) in [5.41, 5.74) is 5.13. The number of aryl methyl sites for hydroxylation is 1. The molecule has 0 fully saturated rings. The van der Waals surface area contributed by atoms with Gasteiger partial charge in [0.15, 0.2) is 0 Å². The molecule has 4 aromatic rings. The van der Waals surface area contributed by atoms with E-state index < -0.39 is 0 Å². The van der Waals surface area contributed by atoms with E-state index in [2.05, 4.69) is 64.9 Å². The summed E-state index contributed by atoms with van der Waals surface area (Å²) in [7, 11) is 0. The molecular formula is C23H23N3S. The molecule has 0 spiro atoms. The Hall–Kier alpha value is -2.43. The maximum absolute atomic E-state index is 4.94. The molecule has 3 nitrogen and oxygen atoms in total. The lowest BCUT2D eigenvalue weighted by atomic mass is 9.98. The van der Waals surface area contributed by atoms with Crippen LogP contribution in [-0.2, 0) is 12.8 Å². The maximum atomic E-state index is 4.94. The standard InChI is InChI=1S/C23H23N3S/c1-2-5-17(6-3-1)23-26-21-8-4-7-20(22(21)27-23)25-13-11-16-9-10-19-18(15-16)12-14-24-19/h1-3,5-6,9-10,12,14-15,20,24-25H,4,7-8,11,13H2. The van der Waals surface area contributed by atoms with Crippen LogP contribution in [0.1, 0.15) is 35.0 Å². The van der Waals surface area contributed by atoms with Crippen molar-refractivity contribution in [1.82, 2.24) is 15.3 Å². The van der Waals surface area contributed by atoms with E-state index in [-0.39, 0.29) is 0 Å². The van der Waals surface area contributed by atoms with Crippen LogP contribution in [0, 0.1) is 0 Å². The van der Waals surface area contributed by atoms with Crippen LogP contribution in [0.3, 0.4) is 0 Å². The zero-order chi connectivity index (χ0) is 18.1. The third kappa shape index (κ3) is 3.43. The van der Waals surface area contributed by atoms with Gasteiger partial charge in [-0.2, -0.15) is 0 Å². The number of thiazole rings is 1. The Bertz CT molecular complexity index is 1050. The van der Waals surface area contributed by atoms with Crippen LogP contribution in [0.2, 0.25) is 0 Å². The SMILES string of the molecule is c1ccc(-c2nc3c(s2)C(NCCc2ccc4[nH]ccc4c2)CCC3)cc1. The Labute approximate surface area is 163 Å². The zero-order valence-electron chi connectivity index (χ0n) is 15.2. The van der Waals surface area contributed by atoms with Crippen molar-refractivity contribution in [3.05, 3.63) is 76.9 Å². The molecule has 1 atom stereocenters. The highest BCUT2D eigenvalue weighted by molar-refractivity contribution is 7.15. The highest BCUT2D eigenvalue weighted by Crippen LogP contribution is 2.37. The highest BCUT2D eigenvalue weighted by atomic mass is 32.1. The lowest BCUT2D eigenvalue weighted by Gasteiger charge is -2.22. The molecule has 136 valence electrons. The Balaban J connectivity index is 1.28. The van der Waals surface area contributed by atoms with Gasteiger partial charge in [0.2, 0.25) is 0 Å². The van der Waals surface area contributed by atoms with Crippen LogP contribution < -0.4 is 5.32 Å². The largest absolute Gasteiger partial charge is 0.361 e. The first-order valence-electron chi connectivity index (χ1n) is 9.71. The van der Waals surface area contributed by atoms with Gasteiger partial charge in [0.1, 0.15) is 5.01 Å². The number of nitrogens with zero attached hydrogens (tertiary/aromatic N) is 1. The van der Waals surface area contributed by atoms with E-state index in [1.54, 1.807) is 0 Å². The average molecular weight is 374 g/mol. The molecular weight excluding hydrogens is 350 g/mol. The van der Waals surface area contributed by atoms with Crippen LogP contribution in [0.4, 0.5) is 0 Å². The van der Waals surface area contributed by atoms with Gasteiger partial charge in [-0.05, 0) is 61.4 Å². The molecule has 2 aromatic heterocycles. The smallest absolute Gasteiger partial charge is 0.123 e. The molecule has 0 bridgehead atoms. The molecule has 2 aromatic carbocycles. The molecule has 27 heavy (non-hydrogen) atoms. The van der Waals surface area contributed by atoms with Crippen LogP contribution in [-0.4, -0.2) is 16.5 Å². The van der Waals surface area contributed by atoms with Gasteiger partial charge >= 0.3 is 0 Å². The molecule has 2 N–H and O–H groups in total. The Morgan fingerprint density at radius 1 is 1.11 bits per heavy atom. The molecule has 2 heterocycles. The van der Waals surface area contributed by atoms with Crippen molar-refractivity contribution < 1.29 is 0 Å². The molecule has 0 saturated heterocycles. The van der Waals surface area contributed by atoms with Gasteiger partial charge < -0.3 is 10.3 Å². The normalized spacial score (nSPS) is 16.5. The summed E-state index contributed by atoms with van der Waals surface area (Å²) in [6.45, 7) is 0.999. The van der Waals surface area contributed by atoms with Crippen molar-refractivity contribution in [2.24, 2.45) is 0 Å². The quantitative estimate of drug-likeness (QED) is 0.485. The molecule has 0 saturated carbocycles. The van der Waals surface area contributed by atoms with Crippen LogP contribution >= 0.6 is 11.3 Å². The van der Waals surface area contributed by atoms with Gasteiger partial charge in [-0.1, -0.05) is 36.4 Å². The minimum absolute atomic E-state index is 0.444. The first kappa shape index (κ1) is 16.7. The monoisotopic (exact) mass is 373 g/mol. The summed E-state index contributed by atoms with van der Waals surface area (Å²) in [4.78, 5) is 9.65. The predicted molar refractivity (Wildman–Crippen MR) is 113 cm³/mol. The second kappa shape index (κ2) is 7.29. The van der Waals surface area contributed by atoms with E-state index in [1.165, 1.54) is 45.4 Å². The van der Waals surface area contributed by atoms with Gasteiger partial charge in [0.05, 0.1) is 5.69 Å². The van der Waals surface area contributed by atoms with E-state index in [0.717, 1.165) is 24.4 Å². The molecule has 0 amide bonds. The van der Waals surface area contributed by atoms with Crippen molar-refractivity contribution >= 4 is 22.2 Å². The van der Waals surface area contributed by atoms with Crippen LogP contribution in [0.25, 0.3) is 21.5 Å². The van der Waals surface area contributed by atoms with Gasteiger partial charge in [-0.15, -0.1) is 11.3 Å². The molecule has 4 heteroatoms. The number of nitrogens with one attached hydrogen (secondary N) is 2. The van der Waals surface area contributed by atoms with Gasteiger partial charge in [0.25, 0.3) is 0 Å². The lowest BCUT2D eigenvalue weighted by Crippen LogP contribution is -2.26. The number of H-pyrrole nitrogens is 1. The number of hydrogen-bond acceptors (Lipinski definition) is 3. The van der Waals surface area contributed by atoms with Gasteiger partial charge in [-0.3, -0.25) is 0 Å². The number of aromatic nitrogens is 2. The summed E-state index contributed by atoms with van der Waals surface area (Å²) >= 11 is 1.87. The fourth-order valence-corrected chi connectivity index (χ4v) is 5.19. The second-order valence-electron chi connectivity index (χ2n) is 7.24. The Morgan fingerprint density at radius 2 is 2.04 bits per heavy atom. The number of hydrogen-bond donors (Lipinski definition) is 2. The Morgan fingerprint density at radius 3 is 2.96 bits per heavy atom. The Kier molecular flexibility index (Phi) is 4.52. The summed E-state index contributed by atoms with van der Waals surface area (Å²) in [6.07, 6.45) is 6.60. The molecule has 1 aliphatic carbocycles. The topological polar surface area (TPSA) is 40.7 Å². The first-order chi connectivity index (χ1) is 13.4. The summed E-state index contributed by atoms with van der Waals surface area (Å²) < 4.78 is 0. The van der Waals surface area contributed by atoms with E-state index in [0.29, 0.717) is 6.04 Å². The lowest BCUT2D eigenvalue weighted by molar-refractivity contribution is 0.467. The minimum Gasteiger partial charge on any atom is -0.361 e. The minimum atomic E-state index is 0.444. The summed E-state index contributed by atoms with van der Waals surface area (Å²) in [6, 6.07) is 19.8.